The summed E-state index contributed by atoms with van der Waals surface area (Å²) in [6.45, 7) is 0.742. The monoisotopic (exact) mass is 493 g/mol. The average Bonchev–Trinajstić information content (AvgIpc) is 2.85. The number of carbonyl (C=O) groups is 1. The summed E-state index contributed by atoms with van der Waals surface area (Å²) >= 11 is 0. The van der Waals surface area contributed by atoms with Gasteiger partial charge in [0.25, 0.3) is 5.91 Å². The van der Waals surface area contributed by atoms with Gasteiger partial charge >= 0.3 is 6.18 Å². The molecule has 1 aromatic heterocycles. The number of nitrogens with zero attached hydrogens (tertiary/aromatic N) is 1. The van der Waals surface area contributed by atoms with Crippen LogP contribution >= 0.6 is 0 Å². The van der Waals surface area contributed by atoms with E-state index in [0.29, 0.717) is 29.7 Å². The zero-order valence-electron chi connectivity index (χ0n) is 20.1. The molecule has 1 aliphatic rings. The highest BCUT2D eigenvalue weighted by atomic mass is 19.4. The van der Waals surface area contributed by atoms with E-state index >= 15 is 0 Å². The number of nitrogens with one attached hydrogen (secondary N) is 2. The lowest BCUT2D eigenvalue weighted by molar-refractivity contribution is -0.137. The van der Waals surface area contributed by atoms with Crippen LogP contribution in [0, 0.1) is 0 Å². The number of anilines is 2. The molecule has 0 spiro atoms. The Labute approximate surface area is 209 Å². The molecule has 7 heteroatoms. The van der Waals surface area contributed by atoms with Crippen LogP contribution in [0.15, 0.2) is 78.5 Å². The van der Waals surface area contributed by atoms with E-state index < -0.39 is 11.7 Å². The Morgan fingerprint density at radius 3 is 2.19 bits per heavy atom. The van der Waals surface area contributed by atoms with Crippen LogP contribution in [0.25, 0.3) is 5.57 Å². The molecule has 0 radical (unpaired) electrons. The summed E-state index contributed by atoms with van der Waals surface area (Å²) in [6.07, 6.45) is 3.36. The molecule has 1 aliphatic carbocycles. The van der Waals surface area contributed by atoms with E-state index in [-0.39, 0.29) is 5.91 Å². The molecule has 1 heterocycles. The maximum Gasteiger partial charge on any atom is 0.416 e. The lowest BCUT2D eigenvalue weighted by Gasteiger charge is -2.19. The number of alkyl halides is 3. The molecule has 0 bridgehead atoms. The molecule has 0 saturated heterocycles. The molecular formula is C29H30F3N3O. The lowest BCUT2D eigenvalue weighted by Crippen LogP contribution is -2.17. The topological polar surface area (TPSA) is 54.0 Å². The van der Waals surface area contributed by atoms with Crippen LogP contribution in [0.3, 0.4) is 0 Å². The number of hydrogen-bond acceptors (Lipinski definition) is 3. The van der Waals surface area contributed by atoms with Gasteiger partial charge in [0.15, 0.2) is 0 Å². The van der Waals surface area contributed by atoms with E-state index in [1.54, 1.807) is 6.20 Å². The fourth-order valence-corrected chi connectivity index (χ4v) is 4.45. The number of aromatic nitrogens is 1. The van der Waals surface area contributed by atoms with Crippen molar-refractivity contribution in [2.45, 2.75) is 51.1 Å². The molecular weight excluding hydrogens is 463 g/mol. The fraction of sp³-hybridized carbons (Fsp3) is 0.310. The van der Waals surface area contributed by atoms with Crippen LogP contribution in [0.5, 0.6) is 0 Å². The second-order valence-electron chi connectivity index (χ2n) is 8.98. The molecule has 36 heavy (non-hydrogen) atoms. The van der Waals surface area contributed by atoms with Crippen LogP contribution in [-0.4, -0.2) is 17.4 Å². The fourth-order valence-electron chi connectivity index (χ4n) is 4.45. The van der Waals surface area contributed by atoms with Crippen molar-refractivity contribution in [1.82, 2.24) is 4.98 Å². The summed E-state index contributed by atoms with van der Waals surface area (Å²) in [6, 6.07) is 18.5. The quantitative estimate of drug-likeness (QED) is 0.358. The van der Waals surface area contributed by atoms with Crippen LogP contribution in [-0.2, 0) is 17.4 Å². The van der Waals surface area contributed by atoms with Crippen molar-refractivity contribution in [3.8, 4) is 0 Å². The molecule has 0 aliphatic heterocycles. The summed E-state index contributed by atoms with van der Waals surface area (Å²) in [7, 11) is 0. The highest BCUT2D eigenvalue weighted by molar-refractivity contribution is 6.09. The van der Waals surface area contributed by atoms with E-state index in [1.807, 2.05) is 42.5 Å². The number of allylic oxidation sites excluding steroid dienone is 1. The minimum Gasteiger partial charge on any atom is -0.385 e. The number of amides is 1. The summed E-state index contributed by atoms with van der Waals surface area (Å²) in [5.41, 5.74) is 4.14. The Morgan fingerprint density at radius 2 is 1.53 bits per heavy atom. The standard InChI is InChI=1S/C29H30F3N3O/c30-29(31,32)22-12-10-21(11-13-22)26-8-3-1-2-4-9-27(26)28(36)35-25-16-14-24(15-17-25)34-20-18-23-7-5-6-19-33-23/h5-7,10-17,19,34H,1-4,8-9,18,20H2,(H,35,36)/b27-26-. The highest BCUT2D eigenvalue weighted by Gasteiger charge is 2.30. The molecule has 0 saturated carbocycles. The van der Waals surface area contributed by atoms with Gasteiger partial charge in [0.2, 0.25) is 0 Å². The van der Waals surface area contributed by atoms with E-state index in [0.717, 1.165) is 67.7 Å². The molecule has 2 aromatic carbocycles. The smallest absolute Gasteiger partial charge is 0.385 e. The summed E-state index contributed by atoms with van der Waals surface area (Å²) in [5, 5.41) is 6.34. The minimum absolute atomic E-state index is 0.192. The third kappa shape index (κ3) is 6.97. The largest absolute Gasteiger partial charge is 0.416 e. The molecule has 4 nitrogen and oxygen atoms in total. The molecule has 188 valence electrons. The molecule has 4 rings (SSSR count). The number of pyridine rings is 1. The second-order valence-corrected chi connectivity index (χ2v) is 8.98. The van der Waals surface area contributed by atoms with Crippen LogP contribution in [0.2, 0.25) is 0 Å². The van der Waals surface area contributed by atoms with Crippen molar-refractivity contribution in [2.24, 2.45) is 0 Å². The van der Waals surface area contributed by atoms with Gasteiger partial charge in [0.1, 0.15) is 0 Å². The van der Waals surface area contributed by atoms with Crippen molar-refractivity contribution in [3.05, 3.63) is 95.3 Å². The SMILES string of the molecule is O=C(Nc1ccc(NCCc2ccccn2)cc1)/C1=C(\c2ccc(C(F)(F)F)cc2)CCCCCC1. The maximum absolute atomic E-state index is 13.3. The molecule has 0 atom stereocenters. The maximum atomic E-state index is 13.3. The van der Waals surface area contributed by atoms with Crippen LogP contribution in [0.4, 0.5) is 24.5 Å². The van der Waals surface area contributed by atoms with Gasteiger partial charge in [-0.1, -0.05) is 31.0 Å². The number of carbonyl (C=O) groups excluding carboxylic acids is 1. The van der Waals surface area contributed by atoms with Crippen LogP contribution in [0.1, 0.15) is 55.3 Å². The Hall–Kier alpha value is -3.61. The Bertz CT molecular complexity index is 1170. The third-order valence-corrected chi connectivity index (χ3v) is 6.38. The number of rotatable bonds is 7. The zero-order valence-corrected chi connectivity index (χ0v) is 20.1. The Kier molecular flexibility index (Phi) is 8.41. The van der Waals surface area contributed by atoms with Gasteiger partial charge in [-0.25, -0.2) is 0 Å². The molecule has 2 N–H and O–H groups in total. The van der Waals surface area contributed by atoms with E-state index in [2.05, 4.69) is 15.6 Å². The van der Waals surface area contributed by atoms with Crippen LogP contribution < -0.4 is 10.6 Å². The van der Waals surface area contributed by atoms with Crippen molar-refractivity contribution in [3.63, 3.8) is 0 Å². The normalized spacial score (nSPS) is 16.6. The Balaban J connectivity index is 1.45. The summed E-state index contributed by atoms with van der Waals surface area (Å²) in [5.74, 6) is -0.192. The molecule has 3 aromatic rings. The van der Waals surface area contributed by atoms with Crippen molar-refractivity contribution >= 4 is 22.9 Å². The minimum atomic E-state index is -4.38. The lowest BCUT2D eigenvalue weighted by atomic mass is 9.88. The molecule has 0 unspecified atom stereocenters. The average molecular weight is 494 g/mol. The zero-order chi connectivity index (χ0) is 25.4. The van der Waals surface area contributed by atoms with E-state index in [1.165, 1.54) is 12.1 Å². The van der Waals surface area contributed by atoms with Crippen molar-refractivity contribution in [1.29, 1.82) is 0 Å². The second kappa shape index (κ2) is 11.9. The van der Waals surface area contributed by atoms with Crippen molar-refractivity contribution in [2.75, 3.05) is 17.2 Å². The third-order valence-electron chi connectivity index (χ3n) is 6.38. The van der Waals surface area contributed by atoms with Gasteiger partial charge in [0.05, 0.1) is 5.56 Å². The van der Waals surface area contributed by atoms with Crippen molar-refractivity contribution < 1.29 is 18.0 Å². The van der Waals surface area contributed by atoms with E-state index in [4.69, 9.17) is 0 Å². The number of halogens is 3. The van der Waals surface area contributed by atoms with Gasteiger partial charge in [-0.15, -0.1) is 0 Å². The molecule has 0 fully saturated rings. The predicted octanol–water partition coefficient (Wildman–Crippen LogP) is 7.50. The molecule has 1 amide bonds. The first kappa shape index (κ1) is 25.5. The van der Waals surface area contributed by atoms with Gasteiger partial charge in [-0.2, -0.15) is 13.2 Å². The first-order chi connectivity index (χ1) is 17.4. The number of benzene rings is 2. The summed E-state index contributed by atoms with van der Waals surface area (Å²) < 4.78 is 39.1. The van der Waals surface area contributed by atoms with Gasteiger partial charge in [0, 0.05) is 41.8 Å². The first-order valence-electron chi connectivity index (χ1n) is 12.3. The van der Waals surface area contributed by atoms with E-state index in [9.17, 15) is 18.0 Å². The van der Waals surface area contributed by atoms with Gasteiger partial charge < -0.3 is 10.6 Å². The highest BCUT2D eigenvalue weighted by Crippen LogP contribution is 2.34. The first-order valence-corrected chi connectivity index (χ1v) is 12.3. The van der Waals surface area contributed by atoms with Gasteiger partial charge in [-0.3, -0.25) is 9.78 Å². The predicted molar refractivity (Wildman–Crippen MR) is 138 cm³/mol. The number of hydrogen-bond donors (Lipinski definition) is 2. The summed E-state index contributed by atoms with van der Waals surface area (Å²) in [4.78, 5) is 17.6. The Morgan fingerprint density at radius 1 is 0.833 bits per heavy atom. The van der Waals surface area contributed by atoms with Gasteiger partial charge in [-0.05, 0) is 85.4 Å².